The molecule has 112 valence electrons. The normalized spacial score (nSPS) is 10.5. The van der Waals surface area contributed by atoms with Gasteiger partial charge < -0.3 is 10.6 Å². The zero-order valence-electron chi connectivity index (χ0n) is 11.8. The van der Waals surface area contributed by atoms with E-state index in [4.69, 9.17) is 0 Å². The summed E-state index contributed by atoms with van der Waals surface area (Å²) in [6, 6.07) is 5.33. The van der Waals surface area contributed by atoms with Crippen molar-refractivity contribution in [1.82, 2.24) is 9.97 Å². The summed E-state index contributed by atoms with van der Waals surface area (Å²) < 4.78 is 27.3. The Morgan fingerprint density at radius 2 is 1.81 bits per heavy atom. The van der Waals surface area contributed by atoms with E-state index in [1.807, 2.05) is 13.2 Å². The van der Waals surface area contributed by atoms with E-state index in [-0.39, 0.29) is 5.69 Å². The van der Waals surface area contributed by atoms with Crippen molar-refractivity contribution >= 4 is 29.1 Å². The smallest absolute Gasteiger partial charge is 0.191 e. The van der Waals surface area contributed by atoms with Crippen LogP contribution >= 0.6 is 11.8 Å². The molecule has 0 fully saturated rings. The Morgan fingerprint density at radius 3 is 2.43 bits per heavy atom. The number of benzene rings is 1. The van der Waals surface area contributed by atoms with Crippen molar-refractivity contribution in [2.24, 2.45) is 0 Å². The number of aromatic nitrogens is 2. The van der Waals surface area contributed by atoms with Gasteiger partial charge in [-0.2, -0.15) is 0 Å². The first-order chi connectivity index (χ1) is 10.1. The molecule has 0 atom stereocenters. The molecule has 2 aromatic rings. The van der Waals surface area contributed by atoms with Gasteiger partial charge in [0.15, 0.2) is 5.16 Å². The van der Waals surface area contributed by atoms with E-state index in [9.17, 15) is 8.78 Å². The van der Waals surface area contributed by atoms with E-state index in [1.165, 1.54) is 30.0 Å². The van der Waals surface area contributed by atoms with Crippen LogP contribution in [0.2, 0.25) is 0 Å². The molecule has 7 heteroatoms. The van der Waals surface area contributed by atoms with Crippen LogP contribution in [0.1, 0.15) is 13.3 Å². The summed E-state index contributed by atoms with van der Waals surface area (Å²) in [7, 11) is 0. The zero-order chi connectivity index (χ0) is 15.2. The lowest BCUT2D eigenvalue weighted by atomic mass is 10.3. The van der Waals surface area contributed by atoms with Crippen LogP contribution in [0.4, 0.5) is 26.1 Å². The lowest BCUT2D eigenvalue weighted by Gasteiger charge is -2.11. The molecule has 0 unspecified atom stereocenters. The van der Waals surface area contributed by atoms with Gasteiger partial charge >= 0.3 is 0 Å². The Bertz CT molecular complexity index is 602. The van der Waals surface area contributed by atoms with Gasteiger partial charge in [0.25, 0.3) is 0 Å². The molecule has 0 spiro atoms. The minimum absolute atomic E-state index is 0.218. The number of halogens is 2. The van der Waals surface area contributed by atoms with Crippen LogP contribution in [-0.2, 0) is 0 Å². The predicted molar refractivity (Wildman–Crippen MR) is 82.2 cm³/mol. The summed E-state index contributed by atoms with van der Waals surface area (Å²) in [5.41, 5.74) is -0.218. The maximum atomic E-state index is 13.7. The fraction of sp³-hybridized carbons (Fsp3) is 0.286. The molecule has 21 heavy (non-hydrogen) atoms. The molecular weight excluding hydrogens is 294 g/mol. The predicted octanol–water partition coefficient (Wildman–Crippen LogP) is 4.04. The van der Waals surface area contributed by atoms with Gasteiger partial charge in [0.1, 0.15) is 29.0 Å². The Labute approximate surface area is 126 Å². The molecule has 1 aromatic heterocycles. The largest absolute Gasteiger partial charge is 0.370 e. The van der Waals surface area contributed by atoms with Crippen molar-refractivity contribution in [2.45, 2.75) is 18.5 Å². The third-order valence-electron chi connectivity index (χ3n) is 2.66. The second-order valence-corrected chi connectivity index (χ2v) is 5.05. The van der Waals surface area contributed by atoms with Gasteiger partial charge in [-0.15, -0.1) is 0 Å². The van der Waals surface area contributed by atoms with Gasteiger partial charge in [0, 0.05) is 12.6 Å². The zero-order valence-corrected chi connectivity index (χ0v) is 12.6. The lowest BCUT2D eigenvalue weighted by molar-refractivity contribution is 0.590. The van der Waals surface area contributed by atoms with Crippen LogP contribution in [-0.4, -0.2) is 22.8 Å². The molecule has 0 radical (unpaired) electrons. The molecule has 1 aromatic carbocycles. The standard InChI is InChI=1S/C14H16F2N4S/c1-3-7-17-11-8-12(20-14(19-11)21-2)18-13-9(15)5-4-6-10(13)16/h4-6,8H,3,7H2,1-2H3,(H2,17,18,19,20). The molecule has 0 aliphatic carbocycles. The third kappa shape index (κ3) is 4.04. The highest BCUT2D eigenvalue weighted by atomic mass is 32.2. The summed E-state index contributed by atoms with van der Waals surface area (Å²) in [5, 5.41) is 6.33. The fourth-order valence-corrected chi connectivity index (χ4v) is 2.05. The first kappa shape index (κ1) is 15.5. The number of anilines is 3. The van der Waals surface area contributed by atoms with E-state index in [0.29, 0.717) is 16.8 Å². The number of para-hydroxylation sites is 1. The van der Waals surface area contributed by atoms with Gasteiger partial charge in [0.2, 0.25) is 0 Å². The Hall–Kier alpha value is -1.89. The molecule has 0 saturated carbocycles. The van der Waals surface area contributed by atoms with Crippen LogP contribution in [0, 0.1) is 11.6 Å². The second kappa shape index (κ2) is 7.21. The van der Waals surface area contributed by atoms with E-state index in [0.717, 1.165) is 13.0 Å². The molecule has 0 amide bonds. The maximum Gasteiger partial charge on any atom is 0.191 e. The quantitative estimate of drug-likeness (QED) is 0.623. The third-order valence-corrected chi connectivity index (χ3v) is 3.21. The monoisotopic (exact) mass is 310 g/mol. The maximum absolute atomic E-state index is 13.7. The van der Waals surface area contributed by atoms with Crippen LogP contribution in [0.3, 0.4) is 0 Å². The number of nitrogens with one attached hydrogen (secondary N) is 2. The lowest BCUT2D eigenvalue weighted by Crippen LogP contribution is -2.06. The molecule has 4 nitrogen and oxygen atoms in total. The van der Waals surface area contributed by atoms with Crippen LogP contribution in [0.5, 0.6) is 0 Å². The molecular formula is C14H16F2N4S. The number of hydrogen-bond acceptors (Lipinski definition) is 5. The van der Waals surface area contributed by atoms with Gasteiger partial charge in [-0.1, -0.05) is 24.8 Å². The van der Waals surface area contributed by atoms with E-state index in [1.54, 1.807) is 6.07 Å². The Morgan fingerprint density at radius 1 is 1.14 bits per heavy atom. The van der Waals surface area contributed by atoms with Gasteiger partial charge in [-0.3, -0.25) is 0 Å². The van der Waals surface area contributed by atoms with Gasteiger partial charge in [-0.05, 0) is 24.8 Å². The minimum atomic E-state index is -0.664. The molecule has 2 rings (SSSR count). The second-order valence-electron chi connectivity index (χ2n) is 4.27. The number of rotatable bonds is 6. The van der Waals surface area contributed by atoms with E-state index < -0.39 is 11.6 Å². The fourth-order valence-electron chi connectivity index (χ4n) is 1.67. The molecule has 0 saturated heterocycles. The number of thioether (sulfide) groups is 1. The number of nitrogens with zero attached hydrogens (tertiary/aromatic N) is 2. The average molecular weight is 310 g/mol. The topological polar surface area (TPSA) is 49.8 Å². The summed E-state index contributed by atoms with van der Waals surface area (Å²) >= 11 is 1.36. The summed E-state index contributed by atoms with van der Waals surface area (Å²) in [6.45, 7) is 2.80. The highest BCUT2D eigenvalue weighted by molar-refractivity contribution is 7.98. The molecule has 0 bridgehead atoms. The van der Waals surface area contributed by atoms with Gasteiger partial charge in [0.05, 0.1) is 0 Å². The minimum Gasteiger partial charge on any atom is -0.370 e. The first-order valence-electron chi connectivity index (χ1n) is 6.52. The molecule has 0 aliphatic rings. The van der Waals surface area contributed by atoms with Crippen molar-refractivity contribution in [1.29, 1.82) is 0 Å². The number of hydrogen-bond donors (Lipinski definition) is 2. The molecule has 0 aliphatic heterocycles. The Balaban J connectivity index is 2.30. The summed E-state index contributed by atoms with van der Waals surface area (Å²) in [5.74, 6) is -0.364. The highest BCUT2D eigenvalue weighted by Gasteiger charge is 2.11. The molecule has 1 heterocycles. The van der Waals surface area contributed by atoms with Crippen LogP contribution in [0.15, 0.2) is 29.4 Å². The van der Waals surface area contributed by atoms with Crippen LogP contribution < -0.4 is 10.6 Å². The molecule has 2 N–H and O–H groups in total. The van der Waals surface area contributed by atoms with E-state index in [2.05, 4.69) is 20.6 Å². The highest BCUT2D eigenvalue weighted by Crippen LogP contribution is 2.24. The summed E-state index contributed by atoms with van der Waals surface area (Å²) in [6.07, 6.45) is 2.79. The van der Waals surface area contributed by atoms with Crippen molar-refractivity contribution in [3.05, 3.63) is 35.9 Å². The average Bonchev–Trinajstić information content (AvgIpc) is 2.49. The first-order valence-corrected chi connectivity index (χ1v) is 7.74. The van der Waals surface area contributed by atoms with Crippen molar-refractivity contribution in [3.63, 3.8) is 0 Å². The van der Waals surface area contributed by atoms with Crippen molar-refractivity contribution in [2.75, 3.05) is 23.4 Å². The van der Waals surface area contributed by atoms with Crippen molar-refractivity contribution < 1.29 is 8.78 Å². The SMILES string of the molecule is CCCNc1cc(Nc2c(F)cccc2F)nc(SC)n1. The van der Waals surface area contributed by atoms with Gasteiger partial charge in [-0.25, -0.2) is 18.7 Å². The van der Waals surface area contributed by atoms with Crippen LogP contribution in [0.25, 0.3) is 0 Å². The Kier molecular flexibility index (Phi) is 5.32. The summed E-state index contributed by atoms with van der Waals surface area (Å²) in [4.78, 5) is 8.49. The van der Waals surface area contributed by atoms with E-state index >= 15 is 0 Å². The van der Waals surface area contributed by atoms with Crippen molar-refractivity contribution in [3.8, 4) is 0 Å².